The molecule has 0 aromatic heterocycles. The van der Waals surface area contributed by atoms with E-state index >= 15 is 0 Å². The third kappa shape index (κ3) is 12.2. The molecule has 0 spiro atoms. The Bertz CT molecular complexity index is 407. The second-order valence-electron chi connectivity index (χ2n) is 5.23. The van der Waals surface area contributed by atoms with E-state index in [-0.39, 0.29) is 25.2 Å². The van der Waals surface area contributed by atoms with Crippen LogP contribution in [-0.2, 0) is 23.8 Å². The number of carbonyl (C=O) groups is 3. The van der Waals surface area contributed by atoms with Gasteiger partial charge in [0, 0.05) is 12.0 Å². The smallest absolute Gasteiger partial charge is 0.407 e. The van der Waals surface area contributed by atoms with Crippen LogP contribution in [0.15, 0.2) is 12.2 Å². The lowest BCUT2D eigenvalue weighted by Crippen LogP contribution is -2.31. The Labute approximate surface area is 137 Å². The van der Waals surface area contributed by atoms with Gasteiger partial charge in [0.15, 0.2) is 0 Å². The van der Waals surface area contributed by atoms with E-state index in [0.717, 1.165) is 25.7 Å². The molecule has 7 heteroatoms. The molecule has 0 fully saturated rings. The van der Waals surface area contributed by atoms with Crippen LogP contribution >= 0.6 is 0 Å². The third-order valence-corrected chi connectivity index (χ3v) is 2.98. The quantitative estimate of drug-likeness (QED) is 0.271. The Morgan fingerprint density at radius 2 is 1.87 bits per heavy atom. The first-order valence-corrected chi connectivity index (χ1v) is 7.70. The average Bonchev–Trinajstić information content (AvgIpc) is 2.50. The van der Waals surface area contributed by atoms with Crippen molar-refractivity contribution in [3.8, 4) is 0 Å². The number of ether oxygens (including phenoxy) is 3. The SMILES string of the molecule is C=C(C)C(=O)OCCNC(=O)OC(C)CCCCCC(=O)OC. The molecule has 0 rings (SSSR count). The molecule has 1 amide bonds. The van der Waals surface area contributed by atoms with Crippen LogP contribution in [0, 0.1) is 0 Å². The van der Waals surface area contributed by atoms with E-state index in [9.17, 15) is 14.4 Å². The number of carbonyl (C=O) groups excluding carboxylic acids is 3. The monoisotopic (exact) mass is 329 g/mol. The van der Waals surface area contributed by atoms with Crippen LogP contribution < -0.4 is 5.32 Å². The van der Waals surface area contributed by atoms with Crippen molar-refractivity contribution in [2.45, 2.75) is 52.1 Å². The maximum Gasteiger partial charge on any atom is 0.407 e. The number of methoxy groups -OCH3 is 1. The molecule has 0 bridgehead atoms. The summed E-state index contributed by atoms with van der Waals surface area (Å²) in [6, 6.07) is 0. The van der Waals surface area contributed by atoms with Crippen molar-refractivity contribution in [2.75, 3.05) is 20.3 Å². The van der Waals surface area contributed by atoms with Gasteiger partial charge in [-0.15, -0.1) is 0 Å². The fourth-order valence-corrected chi connectivity index (χ4v) is 1.68. The fourth-order valence-electron chi connectivity index (χ4n) is 1.68. The summed E-state index contributed by atoms with van der Waals surface area (Å²) in [5.41, 5.74) is 0.313. The number of rotatable bonds is 11. The van der Waals surface area contributed by atoms with Gasteiger partial charge in [-0.1, -0.05) is 13.0 Å². The van der Waals surface area contributed by atoms with Gasteiger partial charge in [0.2, 0.25) is 0 Å². The summed E-state index contributed by atoms with van der Waals surface area (Å²) in [7, 11) is 1.37. The zero-order valence-corrected chi connectivity index (χ0v) is 14.2. The lowest BCUT2D eigenvalue weighted by atomic mass is 10.1. The maximum absolute atomic E-state index is 11.5. The highest BCUT2D eigenvalue weighted by Crippen LogP contribution is 2.08. The van der Waals surface area contributed by atoms with Crippen molar-refractivity contribution < 1.29 is 28.6 Å². The normalized spacial score (nSPS) is 11.3. The molecule has 0 aromatic carbocycles. The predicted molar refractivity (Wildman–Crippen MR) is 84.8 cm³/mol. The molecule has 132 valence electrons. The first kappa shape index (κ1) is 20.9. The van der Waals surface area contributed by atoms with Crippen molar-refractivity contribution in [3.63, 3.8) is 0 Å². The second-order valence-corrected chi connectivity index (χ2v) is 5.23. The van der Waals surface area contributed by atoms with E-state index in [2.05, 4.69) is 16.6 Å². The van der Waals surface area contributed by atoms with Crippen molar-refractivity contribution in [2.24, 2.45) is 0 Å². The second kappa shape index (κ2) is 12.5. The van der Waals surface area contributed by atoms with E-state index in [1.54, 1.807) is 13.8 Å². The molecule has 1 atom stereocenters. The standard InChI is InChI=1S/C16H27NO6/c1-12(2)15(19)22-11-10-17-16(20)23-13(3)8-6-5-7-9-14(18)21-4/h13H,1,5-11H2,2-4H3,(H,17,20). The molecule has 0 saturated heterocycles. The van der Waals surface area contributed by atoms with Crippen LogP contribution in [0.3, 0.4) is 0 Å². The molecule has 0 aliphatic carbocycles. The molecule has 7 nitrogen and oxygen atoms in total. The highest BCUT2D eigenvalue weighted by atomic mass is 16.6. The van der Waals surface area contributed by atoms with Crippen LogP contribution in [0.25, 0.3) is 0 Å². The van der Waals surface area contributed by atoms with Gasteiger partial charge >= 0.3 is 18.0 Å². The van der Waals surface area contributed by atoms with Gasteiger partial charge < -0.3 is 19.5 Å². The predicted octanol–water partition coefficient (Wildman–Crippen LogP) is 2.34. The van der Waals surface area contributed by atoms with Crippen molar-refractivity contribution in [1.29, 1.82) is 0 Å². The molecule has 1 N–H and O–H groups in total. The third-order valence-electron chi connectivity index (χ3n) is 2.98. The summed E-state index contributed by atoms with van der Waals surface area (Å²) < 4.78 is 14.5. The average molecular weight is 329 g/mol. The first-order valence-electron chi connectivity index (χ1n) is 7.70. The van der Waals surface area contributed by atoms with Gasteiger partial charge in [-0.05, 0) is 33.1 Å². The lowest BCUT2D eigenvalue weighted by Gasteiger charge is -2.13. The molecule has 23 heavy (non-hydrogen) atoms. The summed E-state index contributed by atoms with van der Waals surface area (Å²) in [6.45, 7) is 7.07. The Kier molecular flexibility index (Phi) is 11.4. The van der Waals surface area contributed by atoms with Crippen LogP contribution in [0.2, 0.25) is 0 Å². The molecule has 0 heterocycles. The lowest BCUT2D eigenvalue weighted by molar-refractivity contribution is -0.141. The van der Waals surface area contributed by atoms with Crippen LogP contribution in [-0.4, -0.2) is 44.4 Å². The van der Waals surface area contributed by atoms with Gasteiger partial charge in [-0.3, -0.25) is 4.79 Å². The minimum atomic E-state index is -0.543. The largest absolute Gasteiger partial charge is 0.469 e. The van der Waals surface area contributed by atoms with E-state index in [4.69, 9.17) is 9.47 Å². The van der Waals surface area contributed by atoms with Crippen LogP contribution in [0.1, 0.15) is 46.0 Å². The highest BCUT2D eigenvalue weighted by molar-refractivity contribution is 5.86. The van der Waals surface area contributed by atoms with Crippen molar-refractivity contribution in [3.05, 3.63) is 12.2 Å². The molecule has 1 unspecified atom stereocenters. The summed E-state index contributed by atoms with van der Waals surface area (Å²) in [5, 5.41) is 2.50. The van der Waals surface area contributed by atoms with Gasteiger partial charge in [0.25, 0.3) is 0 Å². The topological polar surface area (TPSA) is 90.9 Å². The zero-order chi connectivity index (χ0) is 17.7. The molecular formula is C16H27NO6. The molecule has 0 aromatic rings. The van der Waals surface area contributed by atoms with E-state index in [1.165, 1.54) is 7.11 Å². The molecule has 0 aliphatic heterocycles. The summed E-state index contributed by atoms with van der Waals surface area (Å²) >= 11 is 0. The molecule has 0 aliphatic rings. The Morgan fingerprint density at radius 1 is 1.17 bits per heavy atom. The molecule has 0 saturated carbocycles. The maximum atomic E-state index is 11.5. The highest BCUT2D eigenvalue weighted by Gasteiger charge is 2.09. The van der Waals surface area contributed by atoms with Gasteiger partial charge in [-0.2, -0.15) is 0 Å². The first-order chi connectivity index (χ1) is 10.9. The molecule has 0 radical (unpaired) electrons. The van der Waals surface area contributed by atoms with Crippen molar-refractivity contribution in [1.82, 2.24) is 5.32 Å². The van der Waals surface area contributed by atoms with E-state index < -0.39 is 12.1 Å². The Morgan fingerprint density at radius 3 is 2.48 bits per heavy atom. The van der Waals surface area contributed by atoms with Crippen molar-refractivity contribution >= 4 is 18.0 Å². The van der Waals surface area contributed by atoms with Crippen LogP contribution in [0.5, 0.6) is 0 Å². The number of hydrogen-bond acceptors (Lipinski definition) is 6. The minimum Gasteiger partial charge on any atom is -0.469 e. The fraction of sp³-hybridized carbons (Fsp3) is 0.688. The molecular weight excluding hydrogens is 302 g/mol. The van der Waals surface area contributed by atoms with E-state index in [1.807, 2.05) is 0 Å². The van der Waals surface area contributed by atoms with Gasteiger partial charge in [0.05, 0.1) is 13.7 Å². The van der Waals surface area contributed by atoms with E-state index in [0.29, 0.717) is 12.0 Å². The Balaban J connectivity index is 3.60. The number of nitrogens with one attached hydrogen (secondary N) is 1. The Hall–Kier alpha value is -2.05. The number of unbranched alkanes of at least 4 members (excludes halogenated alkanes) is 2. The number of alkyl carbamates (subject to hydrolysis) is 1. The number of amides is 1. The van der Waals surface area contributed by atoms with Gasteiger partial charge in [-0.25, -0.2) is 9.59 Å². The summed E-state index contributed by atoms with van der Waals surface area (Å²) in [4.78, 5) is 33.5. The van der Waals surface area contributed by atoms with Crippen LogP contribution in [0.4, 0.5) is 4.79 Å². The van der Waals surface area contributed by atoms with Gasteiger partial charge in [0.1, 0.15) is 12.7 Å². The summed E-state index contributed by atoms with van der Waals surface area (Å²) in [6.07, 6.45) is 2.88. The minimum absolute atomic E-state index is 0.0721. The summed E-state index contributed by atoms with van der Waals surface area (Å²) in [5.74, 6) is -0.693. The number of hydrogen-bond donors (Lipinski definition) is 1. The number of esters is 2. The zero-order valence-electron chi connectivity index (χ0n) is 14.2.